The van der Waals surface area contributed by atoms with Crippen molar-refractivity contribution >= 4 is 6.20 Å². The molecule has 0 amide bonds. The van der Waals surface area contributed by atoms with Gasteiger partial charge in [-0.1, -0.05) is 6.58 Å². The van der Waals surface area contributed by atoms with Gasteiger partial charge >= 0.3 is 0 Å². The van der Waals surface area contributed by atoms with Crippen molar-refractivity contribution in [2.75, 3.05) is 0 Å². The van der Waals surface area contributed by atoms with Crippen molar-refractivity contribution in [1.82, 2.24) is 4.57 Å². The molecule has 0 atom stereocenters. The highest BCUT2D eigenvalue weighted by molar-refractivity contribution is 5.24. The van der Waals surface area contributed by atoms with Crippen molar-refractivity contribution in [2.24, 2.45) is 5.73 Å². The van der Waals surface area contributed by atoms with Gasteiger partial charge in [0.05, 0.1) is 0 Å². The van der Waals surface area contributed by atoms with Crippen molar-refractivity contribution < 1.29 is 0 Å². The van der Waals surface area contributed by atoms with E-state index in [-0.39, 0.29) is 0 Å². The van der Waals surface area contributed by atoms with Gasteiger partial charge in [0.1, 0.15) is 0 Å². The van der Waals surface area contributed by atoms with Crippen molar-refractivity contribution in [2.45, 2.75) is 6.54 Å². The van der Waals surface area contributed by atoms with Crippen LogP contribution in [0.15, 0.2) is 24.9 Å². The van der Waals surface area contributed by atoms with Gasteiger partial charge in [0.25, 0.3) is 0 Å². The summed E-state index contributed by atoms with van der Waals surface area (Å²) >= 11 is 0. The van der Waals surface area contributed by atoms with Gasteiger partial charge in [0, 0.05) is 24.6 Å². The Balaban J connectivity index is 2.98. The standard InChI is InChI=1S/C7H10N2/c1-2-9-5-3-4-7(9)6-8/h2-5H,1,6,8H2. The fraction of sp³-hybridized carbons (Fsp3) is 0.143. The van der Waals surface area contributed by atoms with Gasteiger partial charge in [0.2, 0.25) is 0 Å². The third-order valence-electron chi connectivity index (χ3n) is 1.27. The van der Waals surface area contributed by atoms with Crippen LogP contribution >= 0.6 is 0 Å². The van der Waals surface area contributed by atoms with Crippen molar-refractivity contribution in [1.29, 1.82) is 0 Å². The van der Waals surface area contributed by atoms with Crippen LogP contribution in [0.25, 0.3) is 6.20 Å². The van der Waals surface area contributed by atoms with E-state index in [1.807, 2.05) is 22.9 Å². The van der Waals surface area contributed by atoms with Crippen LogP contribution < -0.4 is 5.73 Å². The van der Waals surface area contributed by atoms with E-state index >= 15 is 0 Å². The molecule has 0 unspecified atom stereocenters. The molecule has 1 aromatic rings. The Labute approximate surface area is 54.6 Å². The molecular formula is C7H10N2. The second-order valence-corrected chi connectivity index (χ2v) is 1.79. The normalized spacial score (nSPS) is 9.44. The van der Waals surface area contributed by atoms with Crippen LogP contribution in [0.5, 0.6) is 0 Å². The monoisotopic (exact) mass is 122 g/mol. The number of hydrogen-bond acceptors (Lipinski definition) is 1. The second kappa shape index (κ2) is 2.51. The maximum atomic E-state index is 5.40. The first kappa shape index (κ1) is 6.11. The average molecular weight is 122 g/mol. The van der Waals surface area contributed by atoms with Crippen LogP contribution in [-0.2, 0) is 6.54 Å². The zero-order valence-corrected chi connectivity index (χ0v) is 5.25. The zero-order valence-electron chi connectivity index (χ0n) is 5.25. The van der Waals surface area contributed by atoms with Gasteiger partial charge < -0.3 is 10.3 Å². The SMILES string of the molecule is C=Cn1cccc1CN. The summed E-state index contributed by atoms with van der Waals surface area (Å²) in [6, 6.07) is 3.92. The van der Waals surface area contributed by atoms with Crippen LogP contribution in [0.1, 0.15) is 5.69 Å². The Bertz CT molecular complexity index is 200. The highest BCUT2D eigenvalue weighted by atomic mass is 14.9. The minimum absolute atomic E-state index is 0.568. The van der Waals surface area contributed by atoms with Gasteiger partial charge in [-0.3, -0.25) is 0 Å². The molecule has 0 spiro atoms. The van der Waals surface area contributed by atoms with Crippen LogP contribution in [-0.4, -0.2) is 4.57 Å². The molecule has 0 aliphatic rings. The molecular weight excluding hydrogens is 112 g/mol. The van der Waals surface area contributed by atoms with Crippen molar-refractivity contribution in [3.05, 3.63) is 30.6 Å². The van der Waals surface area contributed by atoms with E-state index in [2.05, 4.69) is 6.58 Å². The van der Waals surface area contributed by atoms with E-state index in [1.165, 1.54) is 0 Å². The summed E-state index contributed by atoms with van der Waals surface area (Å²) in [7, 11) is 0. The van der Waals surface area contributed by atoms with Gasteiger partial charge in [-0.15, -0.1) is 0 Å². The predicted molar refractivity (Wildman–Crippen MR) is 38.7 cm³/mol. The topological polar surface area (TPSA) is 30.9 Å². The van der Waals surface area contributed by atoms with Crippen LogP contribution in [0.3, 0.4) is 0 Å². The summed E-state index contributed by atoms with van der Waals surface area (Å²) in [6.07, 6.45) is 3.66. The Hall–Kier alpha value is -1.02. The first-order valence-electron chi connectivity index (χ1n) is 2.87. The summed E-state index contributed by atoms with van der Waals surface area (Å²) < 4.78 is 1.90. The molecule has 0 aliphatic heterocycles. The number of hydrogen-bond donors (Lipinski definition) is 1. The van der Waals surface area contributed by atoms with E-state index in [0.29, 0.717) is 6.54 Å². The average Bonchev–Trinajstić information content (AvgIpc) is 2.33. The molecule has 1 aromatic heterocycles. The third-order valence-corrected chi connectivity index (χ3v) is 1.27. The quantitative estimate of drug-likeness (QED) is 0.624. The highest BCUT2D eigenvalue weighted by Gasteiger charge is 1.90. The van der Waals surface area contributed by atoms with Crippen molar-refractivity contribution in [3.63, 3.8) is 0 Å². The summed E-state index contributed by atoms with van der Waals surface area (Å²) in [5.41, 5.74) is 6.49. The highest BCUT2D eigenvalue weighted by Crippen LogP contribution is 1.99. The maximum Gasteiger partial charge on any atom is 0.0356 e. The molecule has 2 nitrogen and oxygen atoms in total. The fourth-order valence-corrected chi connectivity index (χ4v) is 0.780. The number of nitrogens with zero attached hydrogens (tertiary/aromatic N) is 1. The molecule has 0 aliphatic carbocycles. The van der Waals surface area contributed by atoms with Crippen molar-refractivity contribution in [3.8, 4) is 0 Å². The summed E-state index contributed by atoms with van der Waals surface area (Å²) in [5.74, 6) is 0. The van der Waals surface area contributed by atoms with Crippen LogP contribution in [0.2, 0.25) is 0 Å². The van der Waals surface area contributed by atoms with E-state index in [1.54, 1.807) is 6.20 Å². The molecule has 0 bridgehead atoms. The van der Waals surface area contributed by atoms with Crippen LogP contribution in [0, 0.1) is 0 Å². The lowest BCUT2D eigenvalue weighted by atomic mass is 10.4. The molecule has 0 radical (unpaired) electrons. The minimum atomic E-state index is 0.568. The molecule has 0 aromatic carbocycles. The Morgan fingerprint density at radius 3 is 3.00 bits per heavy atom. The van der Waals surface area contributed by atoms with E-state index in [0.717, 1.165) is 5.69 Å². The number of rotatable bonds is 2. The smallest absolute Gasteiger partial charge is 0.0356 e. The summed E-state index contributed by atoms with van der Waals surface area (Å²) in [4.78, 5) is 0. The molecule has 48 valence electrons. The molecule has 1 rings (SSSR count). The molecule has 2 N–H and O–H groups in total. The lowest BCUT2D eigenvalue weighted by Crippen LogP contribution is -2.00. The molecule has 0 saturated carbocycles. The maximum absolute atomic E-state index is 5.40. The van der Waals surface area contributed by atoms with E-state index < -0.39 is 0 Å². The van der Waals surface area contributed by atoms with Gasteiger partial charge in [-0.25, -0.2) is 0 Å². The predicted octanol–water partition coefficient (Wildman–Crippen LogP) is 1.05. The number of nitrogens with two attached hydrogens (primary N) is 1. The molecule has 2 heteroatoms. The Morgan fingerprint density at radius 1 is 1.78 bits per heavy atom. The second-order valence-electron chi connectivity index (χ2n) is 1.79. The van der Waals surface area contributed by atoms with Gasteiger partial charge in [-0.05, 0) is 12.1 Å². The third kappa shape index (κ3) is 1.03. The van der Waals surface area contributed by atoms with Gasteiger partial charge in [0.15, 0.2) is 0 Å². The van der Waals surface area contributed by atoms with E-state index in [4.69, 9.17) is 5.73 Å². The zero-order chi connectivity index (χ0) is 6.69. The summed E-state index contributed by atoms with van der Waals surface area (Å²) in [6.45, 7) is 4.19. The van der Waals surface area contributed by atoms with Gasteiger partial charge in [-0.2, -0.15) is 0 Å². The first-order chi connectivity index (χ1) is 4.38. The lowest BCUT2D eigenvalue weighted by molar-refractivity contribution is 0.947. The first-order valence-corrected chi connectivity index (χ1v) is 2.87. The van der Waals surface area contributed by atoms with Crippen LogP contribution in [0.4, 0.5) is 0 Å². The Morgan fingerprint density at radius 2 is 2.56 bits per heavy atom. The molecule has 9 heavy (non-hydrogen) atoms. The molecule has 0 fully saturated rings. The number of aromatic nitrogens is 1. The fourth-order valence-electron chi connectivity index (χ4n) is 0.780. The van der Waals surface area contributed by atoms with E-state index in [9.17, 15) is 0 Å². The minimum Gasteiger partial charge on any atom is -0.327 e. The lowest BCUT2D eigenvalue weighted by Gasteiger charge is -1.96. The summed E-state index contributed by atoms with van der Waals surface area (Å²) in [5, 5.41) is 0. The molecule has 0 saturated heterocycles. The molecule has 1 heterocycles. The largest absolute Gasteiger partial charge is 0.327 e. The Kier molecular flexibility index (Phi) is 1.70.